The standard InChI is InChI=1S/C21H19FN8/c1-3-30-18-16(8-7-14(22)17(18)15-6-4-5-9-25-15)29-21(30)12(2)28-20-13(10-23)19(24)26-11-27-20/h4-9,11-12H,3H2,1-2H3,(H3,24,26,27,28). The predicted molar refractivity (Wildman–Crippen MR) is 112 cm³/mol. The lowest BCUT2D eigenvalue weighted by Crippen LogP contribution is -2.16. The van der Waals surface area contributed by atoms with E-state index in [1.807, 2.05) is 30.6 Å². The van der Waals surface area contributed by atoms with Crippen molar-refractivity contribution in [2.45, 2.75) is 26.4 Å². The first-order valence-corrected chi connectivity index (χ1v) is 9.42. The third kappa shape index (κ3) is 3.18. The van der Waals surface area contributed by atoms with Crippen molar-refractivity contribution in [3.63, 3.8) is 0 Å². The molecular formula is C21H19FN8. The molecule has 0 saturated carbocycles. The number of aryl methyl sites for hydroxylation is 1. The number of nitrogens with one attached hydrogen (secondary N) is 1. The Morgan fingerprint density at radius 1 is 1.23 bits per heavy atom. The van der Waals surface area contributed by atoms with Gasteiger partial charge in [-0.3, -0.25) is 4.98 Å². The van der Waals surface area contributed by atoms with Gasteiger partial charge in [0.15, 0.2) is 0 Å². The highest BCUT2D eigenvalue weighted by Gasteiger charge is 2.22. The molecule has 0 fully saturated rings. The maximum Gasteiger partial charge on any atom is 0.150 e. The molecule has 150 valence electrons. The number of halogens is 1. The number of benzene rings is 1. The molecule has 0 saturated heterocycles. The topological polar surface area (TPSA) is 118 Å². The van der Waals surface area contributed by atoms with Gasteiger partial charge in [-0.05, 0) is 38.1 Å². The second-order valence-corrected chi connectivity index (χ2v) is 6.68. The van der Waals surface area contributed by atoms with E-state index in [1.54, 1.807) is 24.4 Å². The second-order valence-electron chi connectivity index (χ2n) is 6.68. The van der Waals surface area contributed by atoms with Crippen LogP contribution in [0.3, 0.4) is 0 Å². The lowest BCUT2D eigenvalue weighted by atomic mass is 10.1. The van der Waals surface area contributed by atoms with Crippen molar-refractivity contribution in [3.8, 4) is 17.3 Å². The van der Waals surface area contributed by atoms with E-state index in [4.69, 9.17) is 10.7 Å². The molecule has 0 aliphatic heterocycles. The monoisotopic (exact) mass is 402 g/mol. The maximum atomic E-state index is 14.9. The van der Waals surface area contributed by atoms with E-state index in [9.17, 15) is 9.65 Å². The Labute approximate surface area is 172 Å². The molecule has 9 heteroatoms. The van der Waals surface area contributed by atoms with Crippen molar-refractivity contribution >= 4 is 22.7 Å². The Kier molecular flexibility index (Phi) is 4.98. The molecule has 0 aliphatic carbocycles. The van der Waals surface area contributed by atoms with Crippen LogP contribution < -0.4 is 11.1 Å². The molecule has 3 heterocycles. The van der Waals surface area contributed by atoms with Crippen molar-refractivity contribution < 1.29 is 4.39 Å². The van der Waals surface area contributed by atoms with Crippen molar-refractivity contribution in [3.05, 3.63) is 60.1 Å². The zero-order valence-corrected chi connectivity index (χ0v) is 16.5. The third-order valence-electron chi connectivity index (χ3n) is 4.85. The zero-order valence-electron chi connectivity index (χ0n) is 16.5. The number of hydrogen-bond acceptors (Lipinski definition) is 7. The molecule has 1 atom stereocenters. The Balaban J connectivity index is 1.85. The van der Waals surface area contributed by atoms with Crippen molar-refractivity contribution in [1.82, 2.24) is 24.5 Å². The summed E-state index contributed by atoms with van der Waals surface area (Å²) in [5.41, 5.74) is 8.23. The number of nitriles is 1. The molecule has 3 aromatic heterocycles. The molecule has 0 spiro atoms. The number of pyridine rings is 1. The number of fused-ring (bicyclic) bond motifs is 1. The Bertz CT molecular complexity index is 1260. The lowest BCUT2D eigenvalue weighted by molar-refractivity contribution is 0.629. The van der Waals surface area contributed by atoms with Crippen LogP contribution in [0.15, 0.2) is 42.9 Å². The number of nitrogens with zero attached hydrogens (tertiary/aromatic N) is 6. The highest BCUT2D eigenvalue weighted by atomic mass is 19.1. The summed E-state index contributed by atoms with van der Waals surface area (Å²) < 4.78 is 16.8. The fraction of sp³-hybridized carbons (Fsp3) is 0.190. The van der Waals surface area contributed by atoms with Gasteiger partial charge in [-0.25, -0.2) is 19.3 Å². The quantitative estimate of drug-likeness (QED) is 0.523. The second kappa shape index (κ2) is 7.75. The van der Waals surface area contributed by atoms with Gasteiger partial charge < -0.3 is 15.6 Å². The summed E-state index contributed by atoms with van der Waals surface area (Å²) >= 11 is 0. The number of rotatable bonds is 5. The van der Waals surface area contributed by atoms with Crippen LogP contribution in [0.1, 0.15) is 31.3 Å². The van der Waals surface area contributed by atoms with Crippen LogP contribution in [-0.4, -0.2) is 24.5 Å². The van der Waals surface area contributed by atoms with Crippen molar-refractivity contribution in [2.75, 3.05) is 11.1 Å². The molecule has 1 unspecified atom stereocenters. The first-order chi connectivity index (χ1) is 14.5. The first kappa shape index (κ1) is 19.3. The van der Waals surface area contributed by atoms with Crippen LogP contribution in [0.5, 0.6) is 0 Å². The predicted octanol–water partition coefficient (Wildman–Crippen LogP) is 3.67. The number of nitrogen functional groups attached to an aromatic ring is 1. The summed E-state index contributed by atoms with van der Waals surface area (Å²) in [6.45, 7) is 4.43. The highest BCUT2D eigenvalue weighted by molar-refractivity contribution is 5.92. The first-order valence-electron chi connectivity index (χ1n) is 9.42. The Morgan fingerprint density at radius 3 is 2.77 bits per heavy atom. The normalized spacial score (nSPS) is 11.9. The van der Waals surface area contributed by atoms with E-state index in [1.165, 1.54) is 12.4 Å². The van der Waals surface area contributed by atoms with E-state index in [2.05, 4.69) is 20.3 Å². The Morgan fingerprint density at radius 2 is 2.07 bits per heavy atom. The molecule has 1 aromatic carbocycles. The Hall–Kier alpha value is -4.06. The smallest absolute Gasteiger partial charge is 0.150 e. The van der Waals surface area contributed by atoms with Gasteiger partial charge in [0.25, 0.3) is 0 Å². The molecule has 0 bridgehead atoms. The third-order valence-corrected chi connectivity index (χ3v) is 4.85. The van der Waals surface area contributed by atoms with Crippen LogP contribution in [0.2, 0.25) is 0 Å². The summed E-state index contributed by atoms with van der Waals surface area (Å²) in [6, 6.07) is 10.1. The van der Waals surface area contributed by atoms with Gasteiger partial charge in [0, 0.05) is 12.7 Å². The van der Waals surface area contributed by atoms with Gasteiger partial charge in [-0.2, -0.15) is 5.26 Å². The van der Waals surface area contributed by atoms with Crippen molar-refractivity contribution in [1.29, 1.82) is 5.26 Å². The van der Waals surface area contributed by atoms with Crippen LogP contribution in [0.4, 0.5) is 16.0 Å². The van der Waals surface area contributed by atoms with Gasteiger partial charge >= 0.3 is 0 Å². The average Bonchev–Trinajstić information content (AvgIpc) is 3.13. The fourth-order valence-corrected chi connectivity index (χ4v) is 3.51. The fourth-order valence-electron chi connectivity index (χ4n) is 3.51. The zero-order chi connectivity index (χ0) is 21.3. The van der Waals surface area contributed by atoms with Gasteiger partial charge in [0.2, 0.25) is 0 Å². The van der Waals surface area contributed by atoms with Gasteiger partial charge in [-0.1, -0.05) is 6.07 Å². The van der Waals surface area contributed by atoms with E-state index in [0.717, 1.165) is 0 Å². The molecule has 0 amide bonds. The summed E-state index contributed by atoms with van der Waals surface area (Å²) in [5, 5.41) is 12.6. The number of aromatic nitrogens is 5. The summed E-state index contributed by atoms with van der Waals surface area (Å²) in [4.78, 5) is 17.0. The van der Waals surface area contributed by atoms with Gasteiger partial charge in [0.05, 0.1) is 28.3 Å². The maximum absolute atomic E-state index is 14.9. The molecule has 4 aromatic rings. The summed E-state index contributed by atoms with van der Waals surface area (Å²) in [5.74, 6) is 0.740. The van der Waals surface area contributed by atoms with Crippen molar-refractivity contribution in [2.24, 2.45) is 0 Å². The van der Waals surface area contributed by atoms with E-state index in [0.29, 0.717) is 40.5 Å². The van der Waals surface area contributed by atoms with Crippen LogP contribution in [0.25, 0.3) is 22.3 Å². The molecule has 8 nitrogen and oxygen atoms in total. The number of hydrogen-bond donors (Lipinski definition) is 2. The van der Waals surface area contributed by atoms with Crippen LogP contribution in [0, 0.1) is 17.1 Å². The summed E-state index contributed by atoms with van der Waals surface area (Å²) in [7, 11) is 0. The van der Waals surface area contributed by atoms with E-state index < -0.39 is 0 Å². The van der Waals surface area contributed by atoms with Gasteiger partial charge in [-0.15, -0.1) is 0 Å². The lowest BCUT2D eigenvalue weighted by Gasteiger charge is -2.17. The molecule has 0 aliphatic rings. The number of nitrogens with two attached hydrogens (primary N) is 1. The molecule has 3 N–H and O–H groups in total. The number of imidazole rings is 1. The van der Waals surface area contributed by atoms with E-state index in [-0.39, 0.29) is 23.2 Å². The molecular weight excluding hydrogens is 383 g/mol. The molecule has 4 rings (SSSR count). The molecule has 0 radical (unpaired) electrons. The molecule has 30 heavy (non-hydrogen) atoms. The minimum Gasteiger partial charge on any atom is -0.382 e. The highest BCUT2D eigenvalue weighted by Crippen LogP contribution is 2.33. The SMILES string of the molecule is CCn1c(C(C)Nc2ncnc(N)c2C#N)nc2ccc(F)c(-c3ccccn3)c21. The minimum absolute atomic E-state index is 0.103. The van der Waals surface area contributed by atoms with Crippen LogP contribution in [-0.2, 0) is 6.54 Å². The van der Waals surface area contributed by atoms with E-state index >= 15 is 0 Å². The number of anilines is 2. The minimum atomic E-state index is -0.363. The average molecular weight is 402 g/mol. The van der Waals surface area contributed by atoms with Crippen LogP contribution >= 0.6 is 0 Å². The summed E-state index contributed by atoms with van der Waals surface area (Å²) in [6.07, 6.45) is 2.93. The largest absolute Gasteiger partial charge is 0.382 e. The van der Waals surface area contributed by atoms with Gasteiger partial charge in [0.1, 0.15) is 41.2 Å².